The Labute approximate surface area is 226 Å². The van der Waals surface area contributed by atoms with E-state index in [1.165, 1.54) is 10.7 Å². The second-order valence-corrected chi connectivity index (χ2v) is 9.84. The first-order valence-corrected chi connectivity index (χ1v) is 12.6. The average molecular weight is 546 g/mol. The lowest BCUT2D eigenvalue weighted by Crippen LogP contribution is -2.21. The van der Waals surface area contributed by atoms with Crippen LogP contribution in [-0.2, 0) is 17.5 Å². The topological polar surface area (TPSA) is 124 Å². The summed E-state index contributed by atoms with van der Waals surface area (Å²) in [5, 5.41) is 20.4. The van der Waals surface area contributed by atoms with Crippen LogP contribution < -0.4 is 15.5 Å². The molecule has 1 fully saturated rings. The molecular weight excluding hydrogens is 523 g/mol. The van der Waals surface area contributed by atoms with Gasteiger partial charge in [-0.05, 0) is 56.5 Å². The minimum absolute atomic E-state index is 0.0473. The van der Waals surface area contributed by atoms with E-state index in [4.69, 9.17) is 0 Å². The van der Waals surface area contributed by atoms with E-state index >= 15 is 0 Å². The van der Waals surface area contributed by atoms with Gasteiger partial charge in [-0.3, -0.25) is 0 Å². The van der Waals surface area contributed by atoms with Crippen molar-refractivity contribution in [2.24, 2.45) is 0 Å². The van der Waals surface area contributed by atoms with Crippen LogP contribution in [0.25, 0.3) is 11.3 Å². The number of nitrogens with one attached hydrogen (secondary N) is 2. The molecule has 1 aliphatic carbocycles. The summed E-state index contributed by atoms with van der Waals surface area (Å²) in [6, 6.07) is 9.69. The lowest BCUT2D eigenvalue weighted by molar-refractivity contribution is -0.137. The van der Waals surface area contributed by atoms with E-state index in [2.05, 4.69) is 36.8 Å². The van der Waals surface area contributed by atoms with Gasteiger partial charge in [-0.25, -0.2) is 19.3 Å². The number of nitrogens with zero attached hydrogens (tertiary/aromatic N) is 7. The monoisotopic (exact) mass is 545 g/mol. The molecule has 1 aliphatic heterocycles. The highest BCUT2D eigenvalue weighted by atomic mass is 19.4. The van der Waals surface area contributed by atoms with Gasteiger partial charge < -0.3 is 15.5 Å². The summed E-state index contributed by atoms with van der Waals surface area (Å²) in [7, 11) is 0. The average Bonchev–Trinajstić information content (AvgIpc) is 3.64. The van der Waals surface area contributed by atoms with E-state index in [0.29, 0.717) is 46.3 Å². The molecule has 40 heavy (non-hydrogen) atoms. The van der Waals surface area contributed by atoms with E-state index in [1.54, 1.807) is 24.1 Å². The van der Waals surface area contributed by atoms with Gasteiger partial charge in [0.2, 0.25) is 5.95 Å². The molecule has 13 heteroatoms. The zero-order valence-corrected chi connectivity index (χ0v) is 21.2. The molecule has 0 aromatic carbocycles. The normalized spacial score (nSPS) is 18.5. The summed E-state index contributed by atoms with van der Waals surface area (Å²) in [4.78, 5) is 26.6. The first-order valence-electron chi connectivity index (χ1n) is 12.6. The molecule has 2 atom stereocenters. The van der Waals surface area contributed by atoms with Crippen LogP contribution in [0.3, 0.4) is 0 Å². The number of fused-ring (bicyclic) bond motifs is 2. The Balaban J connectivity index is 1.09. The maximum atomic E-state index is 13.0. The summed E-state index contributed by atoms with van der Waals surface area (Å²) < 4.78 is 40.3. The van der Waals surface area contributed by atoms with Gasteiger partial charge in [-0.15, -0.1) is 5.10 Å². The second-order valence-electron chi connectivity index (χ2n) is 9.84. The molecule has 4 aromatic rings. The Kier molecular flexibility index (Phi) is 6.12. The minimum Gasteiger partial charge on any atom is -0.367 e. The van der Waals surface area contributed by atoms with Crippen LogP contribution in [0.1, 0.15) is 47.3 Å². The number of hydrogen-bond donors (Lipinski definition) is 2. The quantitative estimate of drug-likeness (QED) is 0.352. The second kappa shape index (κ2) is 9.66. The van der Waals surface area contributed by atoms with E-state index < -0.39 is 11.7 Å². The van der Waals surface area contributed by atoms with Crippen molar-refractivity contribution in [1.29, 1.82) is 5.26 Å². The van der Waals surface area contributed by atoms with Gasteiger partial charge in [0, 0.05) is 35.1 Å². The number of rotatable bonds is 5. The molecule has 10 nitrogen and oxygen atoms in total. The van der Waals surface area contributed by atoms with Crippen LogP contribution in [0, 0.1) is 18.3 Å². The van der Waals surface area contributed by atoms with E-state index in [1.807, 2.05) is 18.1 Å². The Bertz CT molecular complexity index is 1700. The molecule has 0 saturated heterocycles. The molecule has 0 radical (unpaired) electrons. The van der Waals surface area contributed by atoms with E-state index in [9.17, 15) is 23.2 Å². The highest BCUT2D eigenvalue weighted by molar-refractivity contribution is 5.99. The van der Waals surface area contributed by atoms with Crippen molar-refractivity contribution in [3.05, 3.63) is 70.8 Å². The Morgan fingerprint density at radius 1 is 1.10 bits per heavy atom. The zero-order valence-electron chi connectivity index (χ0n) is 21.2. The lowest BCUT2D eigenvalue weighted by atomic mass is 10.1. The van der Waals surface area contributed by atoms with Gasteiger partial charge in [0.05, 0.1) is 24.0 Å². The minimum atomic E-state index is -4.44. The van der Waals surface area contributed by atoms with Gasteiger partial charge >= 0.3 is 6.18 Å². The Morgan fingerprint density at radius 2 is 1.90 bits per heavy atom. The first kappa shape index (κ1) is 25.3. The number of pyridine rings is 3. The van der Waals surface area contributed by atoms with Crippen molar-refractivity contribution < 1.29 is 18.0 Å². The number of aromatic nitrogens is 5. The van der Waals surface area contributed by atoms with Crippen molar-refractivity contribution in [3.63, 3.8) is 0 Å². The standard InChI is InChI=1S/C27H22F3N9O/c1-15-8-20-21(22(11-31)33-15)13-38(23(20)14-40)19-4-5-24(32-12-19)34-17-2-3-18(10-17)35-26-36-25-9-16(27(28,29)30)6-7-39(25)37-26/h4-9,12,17-18H,2-3,10,13H2,1H3,(H,32,34)(H,35,37)/t17-,18-/m0/s1. The van der Waals surface area contributed by atoms with Crippen molar-refractivity contribution in [2.75, 3.05) is 15.5 Å². The van der Waals surface area contributed by atoms with Crippen LogP contribution in [0.5, 0.6) is 0 Å². The molecule has 0 bridgehead atoms. The number of hydrogen-bond acceptors (Lipinski definition) is 9. The van der Waals surface area contributed by atoms with Crippen molar-refractivity contribution in [2.45, 2.75) is 51.0 Å². The summed E-state index contributed by atoms with van der Waals surface area (Å²) in [5.41, 5.74) is 2.70. The SMILES string of the molecule is Cc1cc2c(c(C#N)n1)CN(c1ccc(N[C@H]3CC[C@H](Nc4nc5cc(C(F)(F)F)ccn5n4)C3)nc1)C2=C=O. The molecule has 4 aromatic heterocycles. The third-order valence-electron chi connectivity index (χ3n) is 7.14. The molecule has 0 amide bonds. The maximum absolute atomic E-state index is 13.0. The van der Waals surface area contributed by atoms with Crippen LogP contribution in [0.4, 0.5) is 30.6 Å². The number of anilines is 3. The van der Waals surface area contributed by atoms with Crippen molar-refractivity contribution >= 4 is 34.7 Å². The highest BCUT2D eigenvalue weighted by Gasteiger charge is 2.32. The van der Waals surface area contributed by atoms with Crippen LogP contribution in [0.2, 0.25) is 0 Å². The predicted molar refractivity (Wildman–Crippen MR) is 140 cm³/mol. The number of carbonyl (C=O) groups excluding carboxylic acids is 1. The summed E-state index contributed by atoms with van der Waals surface area (Å²) >= 11 is 0. The molecule has 2 aliphatic rings. The molecular formula is C27H22F3N9O. The molecule has 6 rings (SSSR count). The fourth-order valence-electron chi connectivity index (χ4n) is 5.26. The molecule has 2 N–H and O–H groups in total. The number of alkyl halides is 3. The Hall–Kier alpha value is -4.95. The van der Waals surface area contributed by atoms with Crippen molar-refractivity contribution in [1.82, 2.24) is 24.6 Å². The smallest absolute Gasteiger partial charge is 0.367 e. The molecule has 0 spiro atoms. The van der Waals surface area contributed by atoms with Crippen molar-refractivity contribution in [3.8, 4) is 6.07 Å². The number of aryl methyl sites for hydroxylation is 1. The fraction of sp³-hybridized carbons (Fsp3) is 0.296. The Morgan fingerprint density at radius 3 is 2.60 bits per heavy atom. The summed E-state index contributed by atoms with van der Waals surface area (Å²) in [6.07, 6.45) is 0.901. The van der Waals surface area contributed by atoms with E-state index in [-0.39, 0.29) is 23.7 Å². The first-order chi connectivity index (χ1) is 19.2. The molecule has 202 valence electrons. The van der Waals surface area contributed by atoms with Gasteiger partial charge in [-0.1, -0.05) is 0 Å². The summed E-state index contributed by atoms with van der Waals surface area (Å²) in [6.45, 7) is 2.10. The highest BCUT2D eigenvalue weighted by Crippen LogP contribution is 2.37. The van der Waals surface area contributed by atoms with Gasteiger partial charge in [-0.2, -0.15) is 23.4 Å². The maximum Gasteiger partial charge on any atom is 0.416 e. The third-order valence-corrected chi connectivity index (χ3v) is 7.14. The largest absolute Gasteiger partial charge is 0.416 e. The van der Waals surface area contributed by atoms with Crippen LogP contribution in [0.15, 0.2) is 42.7 Å². The molecule has 5 heterocycles. The van der Waals surface area contributed by atoms with E-state index in [0.717, 1.165) is 31.4 Å². The molecule has 1 saturated carbocycles. The number of nitriles is 1. The summed E-state index contributed by atoms with van der Waals surface area (Å²) in [5.74, 6) is 2.96. The van der Waals surface area contributed by atoms with Crippen LogP contribution >= 0.6 is 0 Å². The fourth-order valence-corrected chi connectivity index (χ4v) is 5.26. The predicted octanol–water partition coefficient (Wildman–Crippen LogP) is 4.36. The van der Waals surface area contributed by atoms with Crippen LogP contribution in [-0.4, -0.2) is 42.6 Å². The molecule has 0 unspecified atom stereocenters. The van der Waals surface area contributed by atoms with Gasteiger partial charge in [0.25, 0.3) is 0 Å². The zero-order chi connectivity index (χ0) is 28.0. The lowest BCUT2D eigenvalue weighted by Gasteiger charge is -2.19. The van der Waals surface area contributed by atoms with Gasteiger partial charge in [0.1, 0.15) is 23.3 Å². The third kappa shape index (κ3) is 4.69. The number of halogens is 3. The van der Waals surface area contributed by atoms with Gasteiger partial charge in [0.15, 0.2) is 11.6 Å².